The molecular formula is C18H20N4OS. The van der Waals surface area contributed by atoms with Gasteiger partial charge in [-0.2, -0.15) is 0 Å². The number of para-hydroxylation sites is 1. The van der Waals surface area contributed by atoms with Gasteiger partial charge in [-0.25, -0.2) is 0 Å². The molecule has 1 aliphatic rings. The van der Waals surface area contributed by atoms with Crippen molar-refractivity contribution < 1.29 is 4.74 Å². The van der Waals surface area contributed by atoms with E-state index < -0.39 is 0 Å². The summed E-state index contributed by atoms with van der Waals surface area (Å²) in [4.78, 5) is 3.32. The first-order chi connectivity index (χ1) is 11.9. The zero-order valence-electron chi connectivity index (χ0n) is 13.4. The molecule has 0 aliphatic carbocycles. The molecule has 6 heteroatoms. The van der Waals surface area contributed by atoms with Crippen molar-refractivity contribution in [3.8, 4) is 11.4 Å². The van der Waals surface area contributed by atoms with E-state index in [-0.39, 0.29) is 6.10 Å². The van der Waals surface area contributed by atoms with Crippen LogP contribution in [0.4, 0.5) is 0 Å². The van der Waals surface area contributed by atoms with Gasteiger partial charge in [0.15, 0.2) is 11.0 Å². The van der Waals surface area contributed by atoms with Crippen LogP contribution in [-0.4, -0.2) is 38.2 Å². The van der Waals surface area contributed by atoms with Crippen molar-refractivity contribution in [2.75, 3.05) is 12.4 Å². The number of nitrogens with one attached hydrogen (secondary N) is 1. The van der Waals surface area contributed by atoms with Gasteiger partial charge >= 0.3 is 0 Å². The average Bonchev–Trinajstić information content (AvgIpc) is 3.33. The summed E-state index contributed by atoms with van der Waals surface area (Å²) in [7, 11) is 0. The van der Waals surface area contributed by atoms with E-state index in [9.17, 15) is 0 Å². The standard InChI is InChI=1S/C18H20N4OS/c1-2-10-24-18-21-20-17(22(18)12-13-6-5-9-23-13)15-11-19-16-8-4-3-7-14(15)16/h2-4,7-8,11,13,19H,1,5-6,9-10,12H2/t13-/m1/s1. The quantitative estimate of drug-likeness (QED) is 0.546. The smallest absolute Gasteiger partial charge is 0.191 e. The van der Waals surface area contributed by atoms with Gasteiger partial charge in [-0.3, -0.25) is 4.57 Å². The second-order valence-electron chi connectivity index (χ2n) is 5.90. The molecule has 1 fully saturated rings. The number of ether oxygens (including phenoxy) is 1. The molecule has 3 aromatic rings. The Balaban J connectivity index is 1.76. The van der Waals surface area contributed by atoms with E-state index in [4.69, 9.17) is 4.74 Å². The van der Waals surface area contributed by atoms with Gasteiger partial charge in [0.1, 0.15) is 0 Å². The van der Waals surface area contributed by atoms with Crippen molar-refractivity contribution in [1.29, 1.82) is 0 Å². The Kier molecular flexibility index (Phi) is 4.40. The van der Waals surface area contributed by atoms with Gasteiger partial charge in [-0.05, 0) is 18.9 Å². The molecule has 0 unspecified atom stereocenters. The molecule has 3 heterocycles. The van der Waals surface area contributed by atoms with Crippen LogP contribution in [0.15, 0.2) is 48.3 Å². The third-order valence-corrected chi connectivity index (χ3v) is 5.25. The first-order valence-corrected chi connectivity index (χ1v) is 9.20. The third kappa shape index (κ3) is 2.87. The number of hydrogen-bond donors (Lipinski definition) is 1. The van der Waals surface area contributed by atoms with Crippen LogP contribution in [0.1, 0.15) is 12.8 Å². The predicted molar refractivity (Wildman–Crippen MR) is 97.2 cm³/mol. The van der Waals surface area contributed by atoms with Crippen LogP contribution < -0.4 is 0 Å². The fraction of sp³-hybridized carbons (Fsp3) is 0.333. The Morgan fingerprint density at radius 2 is 2.29 bits per heavy atom. The number of hydrogen-bond acceptors (Lipinski definition) is 4. The molecule has 4 rings (SSSR count). The minimum atomic E-state index is 0.244. The predicted octanol–water partition coefficient (Wildman–Crippen LogP) is 3.88. The summed E-state index contributed by atoms with van der Waals surface area (Å²) in [6, 6.07) is 8.27. The van der Waals surface area contributed by atoms with Crippen molar-refractivity contribution >= 4 is 22.7 Å². The van der Waals surface area contributed by atoms with E-state index in [0.29, 0.717) is 0 Å². The van der Waals surface area contributed by atoms with Gasteiger partial charge in [0.05, 0.1) is 12.6 Å². The van der Waals surface area contributed by atoms with Crippen molar-refractivity contribution in [3.63, 3.8) is 0 Å². The minimum absolute atomic E-state index is 0.244. The van der Waals surface area contributed by atoms with Crippen LogP contribution in [0.3, 0.4) is 0 Å². The van der Waals surface area contributed by atoms with Crippen LogP contribution in [0.5, 0.6) is 0 Å². The lowest BCUT2D eigenvalue weighted by Gasteiger charge is -2.14. The largest absolute Gasteiger partial charge is 0.376 e. The third-order valence-electron chi connectivity index (χ3n) is 4.29. The lowest BCUT2D eigenvalue weighted by Crippen LogP contribution is -2.16. The molecule has 24 heavy (non-hydrogen) atoms. The number of rotatable bonds is 6. The van der Waals surface area contributed by atoms with E-state index in [1.807, 2.05) is 24.4 Å². The average molecular weight is 340 g/mol. The highest BCUT2D eigenvalue weighted by Crippen LogP contribution is 2.31. The van der Waals surface area contributed by atoms with Crippen molar-refractivity contribution in [2.45, 2.75) is 30.6 Å². The van der Waals surface area contributed by atoms with Gasteiger partial charge in [-0.1, -0.05) is 36.0 Å². The topological polar surface area (TPSA) is 55.7 Å². The van der Waals surface area contributed by atoms with Gasteiger partial charge < -0.3 is 9.72 Å². The first-order valence-electron chi connectivity index (χ1n) is 8.22. The number of aromatic nitrogens is 4. The highest BCUT2D eigenvalue weighted by Gasteiger charge is 2.22. The van der Waals surface area contributed by atoms with Crippen LogP contribution >= 0.6 is 11.8 Å². The number of aromatic amines is 1. The fourth-order valence-corrected chi connectivity index (χ4v) is 3.82. The zero-order valence-corrected chi connectivity index (χ0v) is 14.3. The van der Waals surface area contributed by atoms with Crippen molar-refractivity contribution in [1.82, 2.24) is 19.7 Å². The molecule has 5 nitrogen and oxygen atoms in total. The fourth-order valence-electron chi connectivity index (χ4n) is 3.14. The second-order valence-corrected chi connectivity index (χ2v) is 6.89. The first kappa shape index (κ1) is 15.5. The van der Waals surface area contributed by atoms with E-state index in [1.165, 1.54) is 5.39 Å². The number of fused-ring (bicyclic) bond motifs is 1. The summed E-state index contributed by atoms with van der Waals surface area (Å²) in [6.07, 6.45) is 6.37. The molecule has 0 amide bonds. The molecule has 2 aromatic heterocycles. The van der Waals surface area contributed by atoms with Gasteiger partial charge in [0.2, 0.25) is 0 Å². The molecule has 0 spiro atoms. The van der Waals surface area contributed by atoms with Gasteiger partial charge in [-0.15, -0.1) is 16.8 Å². The maximum absolute atomic E-state index is 5.83. The summed E-state index contributed by atoms with van der Waals surface area (Å²) >= 11 is 1.66. The molecule has 0 bridgehead atoms. The summed E-state index contributed by atoms with van der Waals surface area (Å²) < 4.78 is 8.03. The number of nitrogens with zero attached hydrogens (tertiary/aromatic N) is 3. The SMILES string of the molecule is C=CCSc1nnc(-c2c[nH]c3ccccc23)n1C[C@H]1CCCO1. The monoisotopic (exact) mass is 340 g/mol. The van der Waals surface area contributed by atoms with Crippen LogP contribution in [0, 0.1) is 0 Å². The summed E-state index contributed by atoms with van der Waals surface area (Å²) in [5, 5.41) is 11.0. The van der Waals surface area contributed by atoms with Crippen LogP contribution in [0.25, 0.3) is 22.3 Å². The minimum Gasteiger partial charge on any atom is -0.376 e. The Hall–Kier alpha value is -2.05. The molecule has 1 saturated heterocycles. The number of benzene rings is 1. The zero-order chi connectivity index (χ0) is 16.4. The molecule has 1 atom stereocenters. The Morgan fingerprint density at radius 3 is 3.12 bits per heavy atom. The van der Waals surface area contributed by atoms with E-state index >= 15 is 0 Å². The normalized spacial score (nSPS) is 17.6. The molecule has 124 valence electrons. The molecular weight excluding hydrogens is 320 g/mol. The highest BCUT2D eigenvalue weighted by atomic mass is 32.2. The maximum atomic E-state index is 5.83. The molecule has 1 aliphatic heterocycles. The Bertz CT molecular complexity index is 848. The summed E-state index contributed by atoms with van der Waals surface area (Å²) in [5.74, 6) is 1.71. The lowest BCUT2D eigenvalue weighted by atomic mass is 10.1. The van der Waals surface area contributed by atoms with Crippen LogP contribution in [-0.2, 0) is 11.3 Å². The summed E-state index contributed by atoms with van der Waals surface area (Å²) in [5.41, 5.74) is 2.20. The molecule has 1 aromatic carbocycles. The Morgan fingerprint density at radius 1 is 1.38 bits per heavy atom. The van der Waals surface area contributed by atoms with E-state index in [2.05, 4.69) is 38.5 Å². The second kappa shape index (κ2) is 6.83. The van der Waals surface area contributed by atoms with Crippen molar-refractivity contribution in [2.24, 2.45) is 0 Å². The van der Waals surface area contributed by atoms with Crippen molar-refractivity contribution in [3.05, 3.63) is 43.1 Å². The maximum Gasteiger partial charge on any atom is 0.191 e. The van der Waals surface area contributed by atoms with Gasteiger partial charge in [0, 0.05) is 35.0 Å². The molecule has 0 radical (unpaired) electrons. The number of thioether (sulfide) groups is 1. The van der Waals surface area contributed by atoms with E-state index in [1.54, 1.807) is 11.8 Å². The van der Waals surface area contributed by atoms with E-state index in [0.717, 1.165) is 53.8 Å². The van der Waals surface area contributed by atoms with Crippen LogP contribution in [0.2, 0.25) is 0 Å². The lowest BCUT2D eigenvalue weighted by molar-refractivity contribution is 0.0953. The summed E-state index contributed by atoms with van der Waals surface area (Å²) in [6.45, 7) is 5.44. The van der Waals surface area contributed by atoms with Gasteiger partial charge in [0.25, 0.3) is 0 Å². The molecule has 0 saturated carbocycles. The highest BCUT2D eigenvalue weighted by molar-refractivity contribution is 7.99. The number of H-pyrrole nitrogens is 1. The Labute approximate surface area is 145 Å². The molecule has 1 N–H and O–H groups in total.